The Balaban J connectivity index is 2.11. The largest absolute Gasteiger partial charge is 0.480 e. The average molecular weight is 366 g/mol. The predicted octanol–water partition coefficient (Wildman–Crippen LogP) is 3.62. The van der Waals surface area contributed by atoms with Crippen LogP contribution in [0.3, 0.4) is 0 Å². The summed E-state index contributed by atoms with van der Waals surface area (Å²) in [6.45, 7) is 0. The molecule has 0 saturated carbocycles. The maximum atomic E-state index is 12.3. The minimum absolute atomic E-state index is 0.220. The molecule has 124 valence electrons. The molecule has 0 aliphatic carbocycles. The van der Waals surface area contributed by atoms with E-state index in [4.69, 9.17) is 16.7 Å². The first-order valence-electron chi connectivity index (χ1n) is 6.40. The van der Waals surface area contributed by atoms with E-state index in [2.05, 4.69) is 0 Å². The Hall–Kier alpha value is -1.80. The lowest BCUT2D eigenvalue weighted by atomic mass is 10.1. The molecule has 0 saturated heterocycles. The Morgan fingerprint density at radius 2 is 2.04 bits per heavy atom. The van der Waals surface area contributed by atoms with Crippen LogP contribution in [0.4, 0.5) is 13.2 Å². The molecule has 1 unspecified atom stereocenters. The molecule has 4 nitrogen and oxygen atoms in total. The van der Waals surface area contributed by atoms with Gasteiger partial charge in [-0.1, -0.05) is 11.6 Å². The van der Waals surface area contributed by atoms with Crippen LogP contribution < -0.4 is 5.32 Å². The number of benzene rings is 1. The number of aliphatic carboxylic acids is 1. The third-order valence-electron chi connectivity index (χ3n) is 3.04. The third kappa shape index (κ3) is 4.84. The number of carbonyl (C=O) groups is 2. The highest BCUT2D eigenvalue weighted by Crippen LogP contribution is 2.29. The van der Waals surface area contributed by atoms with Crippen LogP contribution in [0.5, 0.6) is 0 Å². The summed E-state index contributed by atoms with van der Waals surface area (Å²) >= 11 is 7.25. The fourth-order valence-corrected chi connectivity index (χ4v) is 3.16. The summed E-state index contributed by atoms with van der Waals surface area (Å²) in [7, 11) is 0. The molecule has 0 aliphatic heterocycles. The highest BCUT2D eigenvalue weighted by Gasteiger charge is 2.36. The molecule has 1 aromatic heterocycles. The Morgan fingerprint density at radius 3 is 2.65 bits per heavy atom. The zero-order valence-corrected chi connectivity index (χ0v) is 13.1. The minimum atomic E-state index is -4.68. The first-order chi connectivity index (χ1) is 10.7. The molecule has 2 rings (SSSR count). The number of halogens is 4. The number of carboxylic acid groups (broad SMARTS) is 1. The van der Waals surface area contributed by atoms with Crippen molar-refractivity contribution in [2.75, 3.05) is 0 Å². The van der Waals surface area contributed by atoms with Crippen LogP contribution >= 0.6 is 22.9 Å². The molecule has 0 spiro atoms. The molecule has 0 fully saturated rings. The standard InChI is InChI=1S/C14H11ClF3NO3S/c15-8-1-2-11-9(4-8)7(6-23-11)3-12(20)19-10(13(21)22)5-14(16,17)18/h1-2,4,6,10H,3,5H2,(H,19,20)(H,21,22). The number of hydrogen-bond acceptors (Lipinski definition) is 3. The highest BCUT2D eigenvalue weighted by molar-refractivity contribution is 7.17. The maximum absolute atomic E-state index is 12.3. The first-order valence-corrected chi connectivity index (χ1v) is 7.66. The van der Waals surface area contributed by atoms with Gasteiger partial charge in [-0.25, -0.2) is 4.79 Å². The van der Waals surface area contributed by atoms with Gasteiger partial charge in [0.05, 0.1) is 12.8 Å². The Labute approximate surface area is 137 Å². The van der Waals surface area contributed by atoms with Crippen molar-refractivity contribution in [3.05, 3.63) is 34.2 Å². The van der Waals surface area contributed by atoms with Gasteiger partial charge in [-0.3, -0.25) is 4.79 Å². The number of carbonyl (C=O) groups excluding carboxylic acids is 1. The van der Waals surface area contributed by atoms with Gasteiger partial charge in [0, 0.05) is 9.72 Å². The Morgan fingerprint density at radius 1 is 1.35 bits per heavy atom. The van der Waals surface area contributed by atoms with Gasteiger partial charge >= 0.3 is 12.1 Å². The number of nitrogens with one attached hydrogen (secondary N) is 1. The Bertz CT molecular complexity index is 744. The molecule has 1 atom stereocenters. The molecule has 23 heavy (non-hydrogen) atoms. The van der Waals surface area contributed by atoms with E-state index in [1.54, 1.807) is 23.6 Å². The zero-order valence-electron chi connectivity index (χ0n) is 11.5. The van der Waals surface area contributed by atoms with E-state index in [0.717, 1.165) is 10.1 Å². The van der Waals surface area contributed by atoms with E-state index >= 15 is 0 Å². The van der Waals surface area contributed by atoms with Gasteiger partial charge in [0.1, 0.15) is 6.04 Å². The van der Waals surface area contributed by atoms with Crippen molar-refractivity contribution in [3.8, 4) is 0 Å². The summed E-state index contributed by atoms with van der Waals surface area (Å²) in [5, 5.41) is 13.6. The molecule has 9 heteroatoms. The van der Waals surface area contributed by atoms with Crippen LogP contribution in [0, 0.1) is 0 Å². The summed E-state index contributed by atoms with van der Waals surface area (Å²) in [6, 6.07) is 3.11. The number of amides is 1. The lowest BCUT2D eigenvalue weighted by Gasteiger charge is -2.16. The van der Waals surface area contributed by atoms with Crippen molar-refractivity contribution < 1.29 is 27.9 Å². The van der Waals surface area contributed by atoms with E-state index in [9.17, 15) is 22.8 Å². The molecular formula is C14H11ClF3NO3S. The van der Waals surface area contributed by atoms with E-state index in [1.807, 2.05) is 5.32 Å². The van der Waals surface area contributed by atoms with Crippen molar-refractivity contribution >= 4 is 44.9 Å². The van der Waals surface area contributed by atoms with Gasteiger partial charge in [-0.2, -0.15) is 13.2 Å². The van der Waals surface area contributed by atoms with E-state index in [1.165, 1.54) is 11.3 Å². The first kappa shape index (κ1) is 17.6. The molecule has 1 aromatic carbocycles. The second-order valence-electron chi connectivity index (χ2n) is 4.86. The maximum Gasteiger partial charge on any atom is 0.391 e. The van der Waals surface area contributed by atoms with Crippen molar-refractivity contribution in [2.24, 2.45) is 0 Å². The van der Waals surface area contributed by atoms with E-state index in [0.29, 0.717) is 10.6 Å². The summed E-state index contributed by atoms with van der Waals surface area (Å²) in [5.41, 5.74) is 0.584. The molecule has 1 amide bonds. The molecule has 1 heterocycles. The second kappa shape index (κ2) is 6.76. The summed E-state index contributed by atoms with van der Waals surface area (Å²) in [6.07, 6.45) is -6.52. The van der Waals surface area contributed by atoms with Crippen molar-refractivity contribution in [3.63, 3.8) is 0 Å². The Kier molecular flexibility index (Phi) is 5.16. The topological polar surface area (TPSA) is 66.4 Å². The molecule has 2 aromatic rings. The number of alkyl halides is 3. The van der Waals surface area contributed by atoms with Gasteiger partial charge in [-0.15, -0.1) is 11.3 Å². The molecular weight excluding hydrogens is 355 g/mol. The van der Waals surface area contributed by atoms with Gasteiger partial charge in [0.25, 0.3) is 0 Å². The number of rotatable bonds is 5. The van der Waals surface area contributed by atoms with Gasteiger partial charge in [-0.05, 0) is 34.5 Å². The van der Waals surface area contributed by atoms with Crippen LogP contribution in [-0.2, 0) is 16.0 Å². The third-order valence-corrected chi connectivity index (χ3v) is 4.28. The zero-order chi connectivity index (χ0) is 17.2. The van der Waals surface area contributed by atoms with Crippen molar-refractivity contribution in [1.29, 1.82) is 0 Å². The molecule has 2 N–H and O–H groups in total. The number of thiophene rings is 1. The fourth-order valence-electron chi connectivity index (χ4n) is 2.04. The molecule has 0 aliphatic rings. The van der Waals surface area contributed by atoms with E-state index in [-0.39, 0.29) is 6.42 Å². The quantitative estimate of drug-likeness (QED) is 0.850. The van der Waals surface area contributed by atoms with Crippen molar-refractivity contribution in [2.45, 2.75) is 25.1 Å². The highest BCUT2D eigenvalue weighted by atomic mass is 35.5. The van der Waals surface area contributed by atoms with Crippen LogP contribution in [0.15, 0.2) is 23.6 Å². The summed E-state index contributed by atoms with van der Waals surface area (Å²) < 4.78 is 37.8. The number of hydrogen-bond donors (Lipinski definition) is 2. The van der Waals surface area contributed by atoms with Gasteiger partial charge in [0.2, 0.25) is 5.91 Å². The summed E-state index contributed by atoms with van der Waals surface area (Å²) in [4.78, 5) is 22.7. The SMILES string of the molecule is O=C(Cc1csc2ccc(Cl)cc12)NC(CC(F)(F)F)C(=O)O. The number of fused-ring (bicyclic) bond motifs is 1. The summed E-state index contributed by atoms with van der Waals surface area (Å²) in [5.74, 6) is -2.52. The van der Waals surface area contributed by atoms with Crippen LogP contribution in [0.1, 0.15) is 12.0 Å². The number of carboxylic acids is 1. The minimum Gasteiger partial charge on any atom is -0.480 e. The van der Waals surface area contributed by atoms with Crippen LogP contribution in [-0.4, -0.2) is 29.2 Å². The lowest BCUT2D eigenvalue weighted by Crippen LogP contribution is -2.44. The smallest absolute Gasteiger partial charge is 0.391 e. The van der Waals surface area contributed by atoms with Crippen LogP contribution in [0.25, 0.3) is 10.1 Å². The van der Waals surface area contributed by atoms with Crippen LogP contribution in [0.2, 0.25) is 5.02 Å². The van der Waals surface area contributed by atoms with Gasteiger partial charge < -0.3 is 10.4 Å². The predicted molar refractivity (Wildman–Crippen MR) is 80.8 cm³/mol. The fraction of sp³-hybridized carbons (Fsp3) is 0.286. The van der Waals surface area contributed by atoms with Crippen molar-refractivity contribution in [1.82, 2.24) is 5.32 Å². The average Bonchev–Trinajstić information content (AvgIpc) is 2.79. The second-order valence-corrected chi connectivity index (χ2v) is 6.20. The molecule has 0 bridgehead atoms. The van der Waals surface area contributed by atoms with Gasteiger partial charge in [0.15, 0.2) is 0 Å². The normalized spacial score (nSPS) is 13.0. The molecule has 0 radical (unpaired) electrons. The lowest BCUT2D eigenvalue weighted by molar-refractivity contribution is -0.159. The monoisotopic (exact) mass is 365 g/mol. The van der Waals surface area contributed by atoms with E-state index < -0.39 is 30.5 Å².